The normalized spacial score (nSPS) is 17.6. The molecule has 0 unspecified atom stereocenters. The molecule has 1 amide bonds. The minimum atomic E-state index is 0.267. The van der Waals surface area contributed by atoms with E-state index in [1.54, 1.807) is 0 Å². The monoisotopic (exact) mass is 471 g/mol. The van der Waals surface area contributed by atoms with E-state index in [0.717, 1.165) is 70.4 Å². The van der Waals surface area contributed by atoms with E-state index in [0.29, 0.717) is 18.5 Å². The topological polar surface area (TPSA) is 53.4 Å². The van der Waals surface area contributed by atoms with Crippen molar-refractivity contribution in [3.05, 3.63) is 84.4 Å². The Kier molecular flexibility index (Phi) is 7.79. The first-order valence-corrected chi connectivity index (χ1v) is 13.1. The van der Waals surface area contributed by atoms with Gasteiger partial charge in [-0.3, -0.25) is 4.79 Å². The molecular weight excluding hydrogens is 434 g/mol. The highest BCUT2D eigenvalue weighted by molar-refractivity contribution is 5.79. The van der Waals surface area contributed by atoms with Gasteiger partial charge in [0.05, 0.1) is 12.7 Å². The molecule has 0 radical (unpaired) electrons. The molecule has 5 rings (SSSR count). The quantitative estimate of drug-likeness (QED) is 0.501. The number of hydrogen-bond acceptors (Lipinski definition) is 4. The Labute approximate surface area is 209 Å². The van der Waals surface area contributed by atoms with E-state index < -0.39 is 0 Å². The van der Waals surface area contributed by atoms with Gasteiger partial charge in [0.2, 0.25) is 5.91 Å². The van der Waals surface area contributed by atoms with Crippen LogP contribution in [0.2, 0.25) is 0 Å². The summed E-state index contributed by atoms with van der Waals surface area (Å²) in [6, 6.07) is 20.3. The molecule has 0 spiro atoms. The van der Waals surface area contributed by atoms with Crippen LogP contribution < -0.4 is 10.2 Å². The Morgan fingerprint density at radius 3 is 2.40 bits per heavy atom. The first-order valence-electron chi connectivity index (χ1n) is 13.1. The minimum absolute atomic E-state index is 0.267. The van der Waals surface area contributed by atoms with Crippen molar-refractivity contribution in [2.75, 3.05) is 31.1 Å². The summed E-state index contributed by atoms with van der Waals surface area (Å²) >= 11 is 0. The van der Waals surface area contributed by atoms with Crippen LogP contribution in [0.1, 0.15) is 49.3 Å². The van der Waals surface area contributed by atoms with Crippen LogP contribution in [0.15, 0.2) is 73.3 Å². The van der Waals surface area contributed by atoms with E-state index in [-0.39, 0.29) is 5.91 Å². The first kappa shape index (κ1) is 23.6. The fraction of sp³-hybridized carbons (Fsp3) is 0.448. The Morgan fingerprint density at radius 2 is 1.71 bits per heavy atom. The highest BCUT2D eigenvalue weighted by Crippen LogP contribution is 2.25. The predicted octanol–water partition coefficient (Wildman–Crippen LogP) is 4.44. The molecule has 0 saturated carbocycles. The van der Waals surface area contributed by atoms with Crippen LogP contribution in [-0.4, -0.2) is 52.6 Å². The van der Waals surface area contributed by atoms with E-state index in [4.69, 9.17) is 0 Å². The molecule has 3 heterocycles. The molecule has 184 valence electrons. The van der Waals surface area contributed by atoms with Crippen molar-refractivity contribution >= 4 is 11.6 Å². The third-order valence-electron chi connectivity index (χ3n) is 7.48. The first-order chi connectivity index (χ1) is 17.2. The highest BCUT2D eigenvalue weighted by Gasteiger charge is 2.23. The van der Waals surface area contributed by atoms with Crippen molar-refractivity contribution in [3.8, 4) is 0 Å². The van der Waals surface area contributed by atoms with Crippen LogP contribution in [0, 0.1) is 0 Å². The Morgan fingerprint density at radius 1 is 0.971 bits per heavy atom. The van der Waals surface area contributed by atoms with Crippen LogP contribution >= 0.6 is 0 Å². The van der Waals surface area contributed by atoms with Gasteiger partial charge in [-0.25, -0.2) is 4.98 Å². The maximum atomic E-state index is 12.4. The molecule has 35 heavy (non-hydrogen) atoms. The summed E-state index contributed by atoms with van der Waals surface area (Å²) < 4.78 is 2.16. The van der Waals surface area contributed by atoms with E-state index in [1.807, 2.05) is 23.6 Å². The van der Waals surface area contributed by atoms with Crippen molar-refractivity contribution < 1.29 is 4.79 Å². The van der Waals surface area contributed by atoms with Gasteiger partial charge in [0.15, 0.2) is 0 Å². The van der Waals surface area contributed by atoms with Gasteiger partial charge in [0.25, 0.3) is 0 Å². The summed E-state index contributed by atoms with van der Waals surface area (Å²) in [4.78, 5) is 21.1. The highest BCUT2D eigenvalue weighted by atomic mass is 16.2. The molecule has 6 nitrogen and oxygen atoms in total. The average Bonchev–Trinajstić information content (AvgIpc) is 3.63. The smallest absolute Gasteiger partial charge is 0.226 e. The van der Waals surface area contributed by atoms with Crippen LogP contribution in [0.4, 0.5) is 5.69 Å². The van der Waals surface area contributed by atoms with Gasteiger partial charge in [-0.15, -0.1) is 0 Å². The van der Waals surface area contributed by atoms with Gasteiger partial charge < -0.3 is 19.7 Å². The number of piperidine rings is 1. The predicted molar refractivity (Wildman–Crippen MR) is 140 cm³/mol. The SMILES string of the molecule is O=C(Cc1ccc(N2CCC(N[C@H](CCn3ccnc3)c3ccccc3)CC2)cc1)N1CCCC1. The van der Waals surface area contributed by atoms with Gasteiger partial charge in [-0.05, 0) is 55.4 Å². The Hall–Kier alpha value is -3.12. The number of nitrogens with zero attached hydrogens (tertiary/aromatic N) is 4. The standard InChI is InChI=1S/C29H37N5O/c35-29(34-16-4-5-17-34)22-24-8-10-27(11-9-24)33-19-12-26(13-20-33)31-28(25-6-2-1-3-7-25)14-18-32-21-15-30-23-32/h1-3,6-11,15,21,23,26,28,31H,4-5,12-14,16-20,22H2/t28-/m1/s1. The van der Waals surface area contributed by atoms with Gasteiger partial charge >= 0.3 is 0 Å². The third-order valence-corrected chi connectivity index (χ3v) is 7.48. The van der Waals surface area contributed by atoms with Crippen LogP contribution in [0.3, 0.4) is 0 Å². The van der Waals surface area contributed by atoms with Crippen LogP contribution in [0.5, 0.6) is 0 Å². The number of carbonyl (C=O) groups is 1. The lowest BCUT2D eigenvalue weighted by atomic mass is 9.98. The fourth-order valence-corrected chi connectivity index (χ4v) is 5.40. The van der Waals surface area contributed by atoms with E-state index in [1.165, 1.54) is 11.3 Å². The number of nitrogens with one attached hydrogen (secondary N) is 1. The molecule has 2 aliphatic heterocycles. The number of aryl methyl sites for hydroxylation is 1. The summed E-state index contributed by atoms with van der Waals surface area (Å²) in [6.45, 7) is 4.90. The lowest BCUT2D eigenvalue weighted by Crippen LogP contribution is -2.44. The Bertz CT molecular complexity index is 1040. The molecule has 1 atom stereocenters. The summed E-state index contributed by atoms with van der Waals surface area (Å²) in [5.74, 6) is 0.267. The van der Waals surface area contributed by atoms with E-state index in [9.17, 15) is 4.79 Å². The number of hydrogen-bond donors (Lipinski definition) is 1. The molecule has 2 fully saturated rings. The van der Waals surface area contributed by atoms with Gasteiger partial charge in [0, 0.05) is 62.9 Å². The molecule has 0 aliphatic carbocycles. The number of imidazole rings is 1. The summed E-state index contributed by atoms with van der Waals surface area (Å²) in [5, 5.41) is 3.96. The molecule has 1 N–H and O–H groups in total. The van der Waals surface area contributed by atoms with Crippen molar-refractivity contribution in [1.29, 1.82) is 0 Å². The second-order valence-electron chi connectivity index (χ2n) is 9.91. The number of likely N-dealkylation sites (tertiary alicyclic amines) is 1. The number of anilines is 1. The van der Waals surface area contributed by atoms with Gasteiger partial charge in [-0.1, -0.05) is 42.5 Å². The van der Waals surface area contributed by atoms with Crippen LogP contribution in [-0.2, 0) is 17.8 Å². The molecule has 2 saturated heterocycles. The van der Waals surface area contributed by atoms with Crippen molar-refractivity contribution in [2.45, 2.75) is 57.2 Å². The summed E-state index contributed by atoms with van der Waals surface area (Å²) in [7, 11) is 0. The summed E-state index contributed by atoms with van der Waals surface area (Å²) in [6.07, 6.45) is 11.9. The van der Waals surface area contributed by atoms with E-state index >= 15 is 0 Å². The lowest BCUT2D eigenvalue weighted by molar-refractivity contribution is -0.129. The van der Waals surface area contributed by atoms with Crippen molar-refractivity contribution in [2.24, 2.45) is 0 Å². The average molecular weight is 472 g/mol. The van der Waals surface area contributed by atoms with Gasteiger partial charge in [-0.2, -0.15) is 0 Å². The number of amides is 1. The number of carbonyl (C=O) groups excluding carboxylic acids is 1. The van der Waals surface area contributed by atoms with E-state index in [2.05, 4.69) is 74.4 Å². The largest absolute Gasteiger partial charge is 0.371 e. The van der Waals surface area contributed by atoms with Gasteiger partial charge in [0.1, 0.15) is 0 Å². The third kappa shape index (κ3) is 6.31. The Balaban J connectivity index is 1.13. The minimum Gasteiger partial charge on any atom is -0.371 e. The molecule has 3 aromatic rings. The molecule has 2 aromatic carbocycles. The molecular formula is C29H37N5O. The van der Waals surface area contributed by atoms with Crippen molar-refractivity contribution in [1.82, 2.24) is 19.8 Å². The number of benzene rings is 2. The molecule has 1 aromatic heterocycles. The molecule has 2 aliphatic rings. The fourth-order valence-electron chi connectivity index (χ4n) is 5.40. The number of aromatic nitrogens is 2. The second-order valence-corrected chi connectivity index (χ2v) is 9.91. The molecule has 6 heteroatoms. The lowest BCUT2D eigenvalue weighted by Gasteiger charge is -2.36. The summed E-state index contributed by atoms with van der Waals surface area (Å²) in [5.41, 5.74) is 3.74. The molecule has 0 bridgehead atoms. The maximum Gasteiger partial charge on any atom is 0.226 e. The number of rotatable bonds is 9. The van der Waals surface area contributed by atoms with Crippen molar-refractivity contribution in [3.63, 3.8) is 0 Å². The van der Waals surface area contributed by atoms with Crippen LogP contribution in [0.25, 0.3) is 0 Å². The second kappa shape index (κ2) is 11.5. The zero-order valence-corrected chi connectivity index (χ0v) is 20.6. The zero-order valence-electron chi connectivity index (χ0n) is 20.6. The maximum absolute atomic E-state index is 12.4. The zero-order chi connectivity index (χ0) is 23.9.